The van der Waals surface area contributed by atoms with E-state index in [0.29, 0.717) is 18.3 Å². The van der Waals surface area contributed by atoms with Gasteiger partial charge in [-0.2, -0.15) is 0 Å². The normalized spacial score (nSPS) is 24.0. The third-order valence-corrected chi connectivity index (χ3v) is 6.37. The van der Waals surface area contributed by atoms with Crippen LogP contribution in [0.1, 0.15) is 37.0 Å². The standard InChI is InChI=1S/C23H28N2O2/c1-5-16-8-6-7-9-17(16)14-21(26)27-18-10-11-20-19(15-18)23(2)12-13-24(3)22(23)25(20)4/h6-11,15,22H,5,12-14H2,1-4H3. The summed E-state index contributed by atoms with van der Waals surface area (Å²) in [6, 6.07) is 14.2. The molecule has 4 heteroatoms. The molecule has 0 bridgehead atoms. The summed E-state index contributed by atoms with van der Waals surface area (Å²) in [6.07, 6.45) is 2.72. The molecule has 2 aromatic carbocycles. The number of benzene rings is 2. The van der Waals surface area contributed by atoms with Crippen molar-refractivity contribution in [1.29, 1.82) is 0 Å². The zero-order chi connectivity index (χ0) is 19.2. The summed E-state index contributed by atoms with van der Waals surface area (Å²) in [6.45, 7) is 5.52. The van der Waals surface area contributed by atoms with Crippen LogP contribution in [-0.4, -0.2) is 37.7 Å². The Morgan fingerprint density at radius 1 is 1.19 bits per heavy atom. The lowest BCUT2D eigenvalue weighted by molar-refractivity contribution is -0.133. The largest absolute Gasteiger partial charge is 0.426 e. The fraction of sp³-hybridized carbons (Fsp3) is 0.435. The van der Waals surface area contributed by atoms with E-state index in [9.17, 15) is 4.79 Å². The molecule has 142 valence electrons. The van der Waals surface area contributed by atoms with Gasteiger partial charge in [-0.05, 0) is 54.8 Å². The van der Waals surface area contributed by atoms with E-state index >= 15 is 0 Å². The van der Waals surface area contributed by atoms with Crippen molar-refractivity contribution in [3.63, 3.8) is 0 Å². The molecule has 2 atom stereocenters. The zero-order valence-electron chi connectivity index (χ0n) is 16.7. The molecule has 2 aromatic rings. The maximum atomic E-state index is 12.5. The van der Waals surface area contributed by atoms with Gasteiger partial charge in [0.25, 0.3) is 0 Å². The number of carbonyl (C=O) groups is 1. The topological polar surface area (TPSA) is 32.8 Å². The lowest BCUT2D eigenvalue weighted by atomic mass is 9.81. The summed E-state index contributed by atoms with van der Waals surface area (Å²) in [5.41, 5.74) is 4.87. The van der Waals surface area contributed by atoms with Gasteiger partial charge < -0.3 is 9.64 Å². The fourth-order valence-electron chi connectivity index (χ4n) is 5.02. The van der Waals surface area contributed by atoms with Crippen LogP contribution in [-0.2, 0) is 23.1 Å². The minimum atomic E-state index is -0.201. The van der Waals surface area contributed by atoms with Gasteiger partial charge in [0.2, 0.25) is 0 Å². The Kier molecular flexibility index (Phi) is 4.47. The Labute approximate surface area is 161 Å². The number of hydrogen-bond acceptors (Lipinski definition) is 4. The van der Waals surface area contributed by atoms with E-state index in [-0.39, 0.29) is 11.4 Å². The van der Waals surface area contributed by atoms with Gasteiger partial charge in [0.15, 0.2) is 0 Å². The molecule has 0 amide bonds. The lowest BCUT2D eigenvalue weighted by Crippen LogP contribution is -2.45. The van der Waals surface area contributed by atoms with E-state index in [1.54, 1.807) is 0 Å². The van der Waals surface area contributed by atoms with Crippen LogP contribution >= 0.6 is 0 Å². The molecule has 0 spiro atoms. The number of anilines is 1. The average molecular weight is 364 g/mol. The SMILES string of the molecule is CCc1ccccc1CC(=O)Oc1ccc2c(c1)C1(C)CCN(C)C1N2C. The molecular formula is C23H28N2O2. The minimum Gasteiger partial charge on any atom is -0.426 e. The van der Waals surface area contributed by atoms with Crippen molar-refractivity contribution in [1.82, 2.24) is 4.90 Å². The van der Waals surface area contributed by atoms with E-state index in [1.807, 2.05) is 24.3 Å². The van der Waals surface area contributed by atoms with Crippen LogP contribution in [0.5, 0.6) is 5.75 Å². The van der Waals surface area contributed by atoms with Crippen LogP contribution < -0.4 is 9.64 Å². The molecule has 0 radical (unpaired) electrons. The first kappa shape index (κ1) is 18.1. The van der Waals surface area contributed by atoms with Gasteiger partial charge in [-0.25, -0.2) is 0 Å². The maximum absolute atomic E-state index is 12.5. The van der Waals surface area contributed by atoms with Gasteiger partial charge >= 0.3 is 5.97 Å². The third-order valence-electron chi connectivity index (χ3n) is 6.37. The number of likely N-dealkylation sites (N-methyl/N-ethyl adjacent to an activating group) is 2. The Bertz CT molecular complexity index is 878. The smallest absolute Gasteiger partial charge is 0.315 e. The molecule has 0 aromatic heterocycles. The molecule has 0 N–H and O–H groups in total. The van der Waals surface area contributed by atoms with E-state index in [4.69, 9.17) is 4.74 Å². The first-order valence-electron chi connectivity index (χ1n) is 9.79. The van der Waals surface area contributed by atoms with E-state index in [0.717, 1.165) is 24.9 Å². The van der Waals surface area contributed by atoms with Gasteiger partial charge in [0.05, 0.1) is 12.6 Å². The van der Waals surface area contributed by atoms with Crippen LogP contribution in [0.25, 0.3) is 0 Å². The molecule has 2 aliphatic heterocycles. The van der Waals surface area contributed by atoms with E-state index in [2.05, 4.69) is 55.9 Å². The molecule has 27 heavy (non-hydrogen) atoms. The van der Waals surface area contributed by atoms with Crippen LogP contribution in [0.2, 0.25) is 0 Å². The molecular weight excluding hydrogens is 336 g/mol. The monoisotopic (exact) mass is 364 g/mol. The van der Waals surface area contributed by atoms with E-state index < -0.39 is 0 Å². The lowest BCUT2D eigenvalue weighted by Gasteiger charge is -2.32. The van der Waals surface area contributed by atoms with Gasteiger partial charge in [-0.1, -0.05) is 38.1 Å². The van der Waals surface area contributed by atoms with Crippen molar-refractivity contribution < 1.29 is 9.53 Å². The second-order valence-corrected chi connectivity index (χ2v) is 8.08. The quantitative estimate of drug-likeness (QED) is 0.611. The van der Waals surface area contributed by atoms with Crippen molar-refractivity contribution in [3.05, 3.63) is 59.2 Å². The number of likely N-dealkylation sites (tertiary alicyclic amines) is 1. The molecule has 2 aliphatic rings. The van der Waals surface area contributed by atoms with Crippen LogP contribution in [0.3, 0.4) is 0 Å². The highest BCUT2D eigenvalue weighted by Crippen LogP contribution is 2.51. The first-order chi connectivity index (χ1) is 12.9. The first-order valence-corrected chi connectivity index (χ1v) is 9.79. The second kappa shape index (κ2) is 6.68. The molecule has 4 rings (SSSR count). The highest BCUT2D eigenvalue weighted by Gasteiger charge is 2.52. The molecule has 0 saturated carbocycles. The Balaban J connectivity index is 1.55. The number of fused-ring (bicyclic) bond motifs is 3. The molecule has 2 unspecified atom stereocenters. The predicted molar refractivity (Wildman–Crippen MR) is 108 cm³/mol. The summed E-state index contributed by atoms with van der Waals surface area (Å²) < 4.78 is 5.73. The number of ether oxygens (including phenoxy) is 1. The third kappa shape index (κ3) is 2.92. The number of aryl methyl sites for hydroxylation is 1. The number of hydrogen-bond donors (Lipinski definition) is 0. The molecule has 4 nitrogen and oxygen atoms in total. The van der Waals surface area contributed by atoms with Gasteiger partial charge in [0, 0.05) is 24.7 Å². The van der Waals surface area contributed by atoms with Crippen molar-refractivity contribution in [3.8, 4) is 5.75 Å². The summed E-state index contributed by atoms with van der Waals surface area (Å²) in [4.78, 5) is 17.3. The van der Waals surface area contributed by atoms with Gasteiger partial charge in [-0.15, -0.1) is 0 Å². The Morgan fingerprint density at radius 3 is 2.67 bits per heavy atom. The zero-order valence-corrected chi connectivity index (χ0v) is 16.7. The maximum Gasteiger partial charge on any atom is 0.315 e. The number of carbonyl (C=O) groups excluding carboxylic acids is 1. The minimum absolute atomic E-state index is 0.0794. The van der Waals surface area contributed by atoms with Crippen LogP contribution in [0.4, 0.5) is 5.69 Å². The van der Waals surface area contributed by atoms with E-state index in [1.165, 1.54) is 16.8 Å². The van der Waals surface area contributed by atoms with Crippen molar-refractivity contribution >= 4 is 11.7 Å². The van der Waals surface area contributed by atoms with Gasteiger partial charge in [0.1, 0.15) is 5.75 Å². The summed E-state index contributed by atoms with van der Waals surface area (Å²) in [5.74, 6) is 0.449. The fourth-order valence-corrected chi connectivity index (χ4v) is 5.02. The van der Waals surface area contributed by atoms with Crippen LogP contribution in [0.15, 0.2) is 42.5 Å². The molecule has 0 aliphatic carbocycles. The van der Waals surface area contributed by atoms with Gasteiger partial charge in [-0.3, -0.25) is 9.69 Å². The summed E-state index contributed by atoms with van der Waals surface area (Å²) in [5, 5.41) is 0. The van der Waals surface area contributed by atoms with Crippen molar-refractivity contribution in [2.24, 2.45) is 0 Å². The Morgan fingerprint density at radius 2 is 1.93 bits per heavy atom. The summed E-state index contributed by atoms with van der Waals surface area (Å²) >= 11 is 0. The Hall–Kier alpha value is -2.33. The number of nitrogens with zero attached hydrogens (tertiary/aromatic N) is 2. The molecule has 1 fully saturated rings. The number of esters is 1. The molecule has 2 heterocycles. The summed E-state index contributed by atoms with van der Waals surface area (Å²) in [7, 11) is 4.34. The average Bonchev–Trinajstić information content (AvgIpc) is 3.08. The van der Waals surface area contributed by atoms with Crippen LogP contribution in [0, 0.1) is 0 Å². The van der Waals surface area contributed by atoms with Crippen molar-refractivity contribution in [2.75, 3.05) is 25.5 Å². The second-order valence-electron chi connectivity index (χ2n) is 8.08. The predicted octanol–water partition coefficient (Wildman–Crippen LogP) is 3.77. The van der Waals surface area contributed by atoms with Crippen molar-refractivity contribution in [2.45, 2.75) is 44.7 Å². The molecule has 1 saturated heterocycles. The highest BCUT2D eigenvalue weighted by molar-refractivity contribution is 5.76. The number of rotatable bonds is 4. The highest BCUT2D eigenvalue weighted by atomic mass is 16.5.